The number of benzene rings is 2. The van der Waals surface area contributed by atoms with E-state index in [4.69, 9.17) is 0 Å². The molecular formula is C26H29N5O2S. The molecule has 1 fully saturated rings. The Morgan fingerprint density at radius 3 is 2.71 bits per heavy atom. The zero-order valence-electron chi connectivity index (χ0n) is 19.1. The van der Waals surface area contributed by atoms with Gasteiger partial charge in [0.1, 0.15) is 11.5 Å². The highest BCUT2D eigenvalue weighted by Gasteiger charge is 2.22. The number of nitrogens with zero attached hydrogens (tertiary/aromatic N) is 4. The van der Waals surface area contributed by atoms with E-state index in [1.54, 1.807) is 41.9 Å². The van der Waals surface area contributed by atoms with Gasteiger partial charge in [-0.1, -0.05) is 36.4 Å². The van der Waals surface area contributed by atoms with Crippen LogP contribution in [-0.4, -0.2) is 54.4 Å². The van der Waals surface area contributed by atoms with Gasteiger partial charge in [-0.15, -0.1) is 11.5 Å². The Kier molecular flexibility index (Phi) is 8.17. The fraction of sp³-hybridized carbons (Fsp3) is 0.308. The zero-order valence-corrected chi connectivity index (χ0v) is 19.9. The first kappa shape index (κ1) is 23.8. The van der Waals surface area contributed by atoms with Crippen LogP contribution in [0.4, 0.5) is 11.5 Å². The van der Waals surface area contributed by atoms with Crippen LogP contribution in [0.25, 0.3) is 16.2 Å². The van der Waals surface area contributed by atoms with Gasteiger partial charge < -0.3 is 10.2 Å². The fourth-order valence-electron chi connectivity index (χ4n) is 4.17. The molecule has 0 bridgehead atoms. The highest BCUT2D eigenvalue weighted by Crippen LogP contribution is 2.30. The van der Waals surface area contributed by atoms with Gasteiger partial charge in [0, 0.05) is 56.3 Å². The molecule has 2 heterocycles. The lowest BCUT2D eigenvalue weighted by Gasteiger charge is -2.36. The Morgan fingerprint density at radius 2 is 1.91 bits per heavy atom. The lowest BCUT2D eigenvalue weighted by molar-refractivity contribution is -0.116. The summed E-state index contributed by atoms with van der Waals surface area (Å²) < 4.78 is 5.92. The minimum Gasteiger partial charge on any atom is -0.353 e. The van der Waals surface area contributed by atoms with E-state index in [2.05, 4.69) is 55.5 Å². The molecule has 3 aromatic rings. The number of nitrogens with one attached hydrogen (secondary N) is 1. The second-order valence-electron chi connectivity index (χ2n) is 8.35. The monoisotopic (exact) mass is 475 g/mol. The predicted molar refractivity (Wildman–Crippen MR) is 141 cm³/mol. The Hall–Kier alpha value is -3.36. The van der Waals surface area contributed by atoms with Crippen molar-refractivity contribution in [3.05, 3.63) is 77.7 Å². The molecule has 1 aliphatic heterocycles. The van der Waals surface area contributed by atoms with E-state index in [0.29, 0.717) is 23.7 Å². The van der Waals surface area contributed by atoms with E-state index in [1.165, 1.54) is 16.2 Å². The van der Waals surface area contributed by atoms with Gasteiger partial charge in [0.05, 0.1) is 4.70 Å². The molecule has 1 N–H and O–H groups in total. The van der Waals surface area contributed by atoms with Gasteiger partial charge in [0.2, 0.25) is 5.91 Å². The fourth-order valence-corrected chi connectivity index (χ4v) is 4.97. The standard InChI is InChI=1S/C26H29N5O2S/c1-2-20(13-14-27-25(32)12-11-21-7-3-5-9-23(21)28-33)19-30-15-17-31(18-16-30)26-22-8-4-6-10-24(22)34-29-26/h2-12,20H,1,13-19H2,(H,27,32)/b12-11+/t20-/m0/s1. The van der Waals surface area contributed by atoms with Crippen molar-refractivity contribution in [3.63, 3.8) is 0 Å². The molecule has 176 valence electrons. The number of nitroso groups, excluding NO2 is 1. The third-order valence-corrected chi connectivity index (χ3v) is 6.94. The van der Waals surface area contributed by atoms with Crippen LogP contribution in [0.5, 0.6) is 0 Å². The van der Waals surface area contributed by atoms with Crippen molar-refractivity contribution in [1.82, 2.24) is 14.6 Å². The molecule has 0 aliphatic carbocycles. The van der Waals surface area contributed by atoms with Crippen LogP contribution in [0.2, 0.25) is 0 Å². The number of anilines is 1. The molecule has 4 rings (SSSR count). The Bertz CT molecular complexity index is 1170. The first-order chi connectivity index (χ1) is 16.7. The van der Waals surface area contributed by atoms with Crippen LogP contribution in [0.3, 0.4) is 0 Å². The molecule has 1 aliphatic rings. The maximum absolute atomic E-state index is 12.2. The summed E-state index contributed by atoms with van der Waals surface area (Å²) in [6, 6.07) is 15.3. The quantitative estimate of drug-likeness (QED) is 0.258. The molecule has 0 radical (unpaired) electrons. The highest BCUT2D eigenvalue weighted by atomic mass is 32.1. The Balaban J connectivity index is 1.20. The minimum atomic E-state index is -0.187. The van der Waals surface area contributed by atoms with Crippen molar-refractivity contribution in [1.29, 1.82) is 0 Å². The van der Waals surface area contributed by atoms with Gasteiger partial charge in [-0.05, 0) is 53.3 Å². The second-order valence-corrected chi connectivity index (χ2v) is 9.15. The van der Waals surface area contributed by atoms with Gasteiger partial charge >= 0.3 is 0 Å². The molecule has 1 amide bonds. The highest BCUT2D eigenvalue weighted by molar-refractivity contribution is 7.13. The Labute approximate surface area is 203 Å². The van der Waals surface area contributed by atoms with Crippen LogP contribution < -0.4 is 10.2 Å². The van der Waals surface area contributed by atoms with E-state index in [0.717, 1.165) is 45.0 Å². The number of rotatable bonds is 10. The summed E-state index contributed by atoms with van der Waals surface area (Å²) in [5.41, 5.74) is 0.947. The lowest BCUT2D eigenvalue weighted by Crippen LogP contribution is -2.48. The van der Waals surface area contributed by atoms with Crippen molar-refractivity contribution in [3.8, 4) is 0 Å². The average Bonchev–Trinajstić information content (AvgIpc) is 3.31. The molecule has 1 saturated heterocycles. The topological polar surface area (TPSA) is 77.9 Å². The molecule has 1 aromatic heterocycles. The zero-order chi connectivity index (χ0) is 23.8. The van der Waals surface area contributed by atoms with E-state index in [9.17, 15) is 9.70 Å². The van der Waals surface area contributed by atoms with Gasteiger partial charge in [-0.25, -0.2) is 0 Å². The van der Waals surface area contributed by atoms with Crippen molar-refractivity contribution in [2.75, 3.05) is 44.2 Å². The summed E-state index contributed by atoms with van der Waals surface area (Å²) in [5, 5.41) is 7.13. The van der Waals surface area contributed by atoms with E-state index in [-0.39, 0.29) is 5.91 Å². The second kappa shape index (κ2) is 11.7. The van der Waals surface area contributed by atoms with Crippen LogP contribution in [0, 0.1) is 10.8 Å². The molecule has 0 spiro atoms. The molecular weight excluding hydrogens is 446 g/mol. The SMILES string of the molecule is C=C[C@@H](CCNC(=O)/C=C/c1ccccc1N=O)CN1CCN(c2nsc3ccccc23)CC1. The number of hydrogen-bond acceptors (Lipinski definition) is 7. The number of aromatic nitrogens is 1. The van der Waals surface area contributed by atoms with Gasteiger partial charge in [0.25, 0.3) is 0 Å². The summed E-state index contributed by atoms with van der Waals surface area (Å²) in [7, 11) is 0. The first-order valence-electron chi connectivity index (χ1n) is 11.5. The molecule has 1 atom stereocenters. The van der Waals surface area contributed by atoms with Crippen molar-refractivity contribution in [2.24, 2.45) is 11.1 Å². The Morgan fingerprint density at radius 1 is 1.15 bits per heavy atom. The molecule has 0 unspecified atom stereocenters. The predicted octanol–water partition coefficient (Wildman–Crippen LogP) is 4.84. The lowest BCUT2D eigenvalue weighted by atomic mass is 10.0. The third-order valence-electron chi connectivity index (χ3n) is 6.12. The van der Waals surface area contributed by atoms with Gasteiger partial charge in [-0.3, -0.25) is 9.69 Å². The summed E-state index contributed by atoms with van der Waals surface area (Å²) in [6.45, 7) is 9.37. The summed E-state index contributed by atoms with van der Waals surface area (Å²) in [6.07, 6.45) is 5.86. The van der Waals surface area contributed by atoms with Crippen molar-refractivity contribution < 1.29 is 4.79 Å². The number of amides is 1. The number of fused-ring (bicyclic) bond motifs is 1. The van der Waals surface area contributed by atoms with E-state index in [1.807, 2.05) is 6.08 Å². The van der Waals surface area contributed by atoms with E-state index < -0.39 is 0 Å². The maximum atomic E-state index is 12.2. The number of carbonyl (C=O) groups is 1. The van der Waals surface area contributed by atoms with Crippen LogP contribution >= 0.6 is 11.5 Å². The normalized spacial score (nSPS) is 15.5. The van der Waals surface area contributed by atoms with Crippen LogP contribution in [0.1, 0.15) is 12.0 Å². The third kappa shape index (κ3) is 5.95. The number of hydrogen-bond donors (Lipinski definition) is 1. The van der Waals surface area contributed by atoms with Crippen LogP contribution in [-0.2, 0) is 4.79 Å². The number of carbonyl (C=O) groups excluding carboxylic acids is 1. The number of piperazine rings is 1. The van der Waals surface area contributed by atoms with E-state index >= 15 is 0 Å². The smallest absolute Gasteiger partial charge is 0.244 e. The largest absolute Gasteiger partial charge is 0.353 e. The summed E-state index contributed by atoms with van der Waals surface area (Å²) in [4.78, 5) is 27.8. The van der Waals surface area contributed by atoms with Crippen molar-refractivity contribution >= 4 is 45.1 Å². The minimum absolute atomic E-state index is 0.187. The maximum Gasteiger partial charge on any atom is 0.244 e. The summed E-state index contributed by atoms with van der Waals surface area (Å²) >= 11 is 1.56. The molecule has 2 aromatic carbocycles. The molecule has 34 heavy (non-hydrogen) atoms. The molecule has 0 saturated carbocycles. The molecule has 8 heteroatoms. The van der Waals surface area contributed by atoms with Gasteiger partial charge in [0.15, 0.2) is 0 Å². The van der Waals surface area contributed by atoms with Crippen molar-refractivity contribution in [2.45, 2.75) is 6.42 Å². The van der Waals surface area contributed by atoms with Gasteiger partial charge in [-0.2, -0.15) is 4.37 Å². The first-order valence-corrected chi connectivity index (χ1v) is 12.3. The van der Waals surface area contributed by atoms with Crippen LogP contribution in [0.15, 0.2) is 72.4 Å². The summed E-state index contributed by atoms with van der Waals surface area (Å²) in [5.74, 6) is 1.21. The molecule has 7 nitrogen and oxygen atoms in total. The average molecular weight is 476 g/mol.